The summed E-state index contributed by atoms with van der Waals surface area (Å²) in [5, 5.41) is 0. The average molecular weight is 262 g/mol. The maximum atomic E-state index is 6.02. The molecule has 1 heterocycles. The summed E-state index contributed by atoms with van der Waals surface area (Å²) in [5.74, 6) is 1.06. The molecule has 1 aliphatic rings. The van der Waals surface area contributed by atoms with Gasteiger partial charge in [-0.25, -0.2) is 0 Å². The lowest BCUT2D eigenvalue weighted by atomic mass is 10.00. The van der Waals surface area contributed by atoms with E-state index in [1.807, 2.05) is 0 Å². The number of anilines is 1. The molecule has 0 fully saturated rings. The van der Waals surface area contributed by atoms with Crippen LogP contribution in [0.4, 0.5) is 5.69 Å². The third-order valence-corrected chi connectivity index (χ3v) is 3.65. The Labute approximate surface area is 116 Å². The molecule has 2 N–H and O–H groups in total. The molecular weight excluding hydrogens is 236 g/mol. The summed E-state index contributed by atoms with van der Waals surface area (Å²) in [5.41, 5.74) is 8.57. The number of ether oxygens (including phenoxy) is 1. The second-order valence-electron chi connectivity index (χ2n) is 6.26. The van der Waals surface area contributed by atoms with E-state index in [-0.39, 0.29) is 5.54 Å². The Morgan fingerprint density at radius 3 is 2.89 bits per heavy atom. The number of aryl methyl sites for hydroxylation is 1. The maximum absolute atomic E-state index is 6.02. The van der Waals surface area contributed by atoms with E-state index < -0.39 is 0 Å². The first-order valence-corrected chi connectivity index (χ1v) is 7.21. The molecular formula is C16H26N2O. The normalized spacial score (nSPS) is 14.7. The molecule has 0 aromatic heterocycles. The molecule has 1 aliphatic heterocycles. The van der Waals surface area contributed by atoms with E-state index in [2.05, 4.69) is 44.0 Å². The largest absolute Gasteiger partial charge is 0.493 e. The smallest absolute Gasteiger partial charge is 0.122 e. The van der Waals surface area contributed by atoms with E-state index in [1.165, 1.54) is 11.3 Å². The summed E-state index contributed by atoms with van der Waals surface area (Å²) < 4.78 is 5.65. The van der Waals surface area contributed by atoms with Crippen LogP contribution >= 0.6 is 0 Å². The number of fused-ring (bicyclic) bond motifs is 1. The van der Waals surface area contributed by atoms with E-state index in [4.69, 9.17) is 10.5 Å². The van der Waals surface area contributed by atoms with Crippen LogP contribution in [0.15, 0.2) is 18.2 Å². The van der Waals surface area contributed by atoms with Gasteiger partial charge in [0.15, 0.2) is 0 Å². The number of nitrogens with two attached hydrogens (primary N) is 1. The Bertz CT molecular complexity index is 423. The number of hydrogen-bond donors (Lipinski definition) is 1. The summed E-state index contributed by atoms with van der Waals surface area (Å²) in [4.78, 5) is 2.31. The summed E-state index contributed by atoms with van der Waals surface area (Å²) in [6.45, 7) is 6.07. The molecule has 3 nitrogen and oxygen atoms in total. The molecule has 0 atom stereocenters. The monoisotopic (exact) mass is 262 g/mol. The van der Waals surface area contributed by atoms with Crippen LogP contribution in [0.2, 0.25) is 0 Å². The lowest BCUT2D eigenvalue weighted by Crippen LogP contribution is -2.33. The zero-order valence-corrected chi connectivity index (χ0v) is 12.4. The Morgan fingerprint density at radius 1 is 1.37 bits per heavy atom. The van der Waals surface area contributed by atoms with Crippen LogP contribution < -0.4 is 15.4 Å². The van der Waals surface area contributed by atoms with E-state index in [0.717, 1.165) is 44.6 Å². The van der Waals surface area contributed by atoms with E-state index >= 15 is 0 Å². The van der Waals surface area contributed by atoms with Gasteiger partial charge in [0, 0.05) is 24.8 Å². The molecule has 0 amide bonds. The van der Waals surface area contributed by atoms with Gasteiger partial charge in [0.2, 0.25) is 0 Å². The average Bonchev–Trinajstić information content (AvgIpc) is 2.36. The molecule has 1 aromatic carbocycles. The molecule has 0 radical (unpaired) electrons. The number of hydrogen-bond acceptors (Lipinski definition) is 3. The maximum Gasteiger partial charge on any atom is 0.122 e. The molecule has 0 saturated carbocycles. The fourth-order valence-electron chi connectivity index (χ4n) is 2.49. The van der Waals surface area contributed by atoms with E-state index in [0.29, 0.717) is 0 Å². The van der Waals surface area contributed by atoms with Gasteiger partial charge in [-0.15, -0.1) is 0 Å². The molecule has 0 unspecified atom stereocenters. The van der Waals surface area contributed by atoms with Crippen LogP contribution in [-0.4, -0.2) is 25.7 Å². The summed E-state index contributed by atoms with van der Waals surface area (Å²) in [6.07, 6.45) is 4.42. The minimum atomic E-state index is -0.0649. The zero-order chi connectivity index (χ0) is 13.9. The minimum Gasteiger partial charge on any atom is -0.493 e. The Balaban J connectivity index is 1.94. The molecule has 0 bridgehead atoms. The van der Waals surface area contributed by atoms with Gasteiger partial charge in [0.1, 0.15) is 5.75 Å². The van der Waals surface area contributed by atoms with Crippen LogP contribution in [0, 0.1) is 0 Å². The Morgan fingerprint density at radius 2 is 2.16 bits per heavy atom. The lowest BCUT2D eigenvalue weighted by molar-refractivity contribution is 0.288. The molecule has 2 rings (SSSR count). The van der Waals surface area contributed by atoms with Gasteiger partial charge in [0.05, 0.1) is 6.61 Å². The van der Waals surface area contributed by atoms with Crippen molar-refractivity contribution in [3.05, 3.63) is 23.8 Å². The lowest BCUT2D eigenvalue weighted by Gasteiger charge is -2.25. The van der Waals surface area contributed by atoms with Crippen molar-refractivity contribution in [2.75, 3.05) is 25.1 Å². The van der Waals surface area contributed by atoms with Gasteiger partial charge in [-0.1, -0.05) is 0 Å². The molecule has 0 aliphatic carbocycles. The number of benzene rings is 1. The van der Waals surface area contributed by atoms with Gasteiger partial charge in [-0.2, -0.15) is 0 Å². The standard InChI is InChI=1S/C16H26N2O/c1-16(2,17)9-5-10-18(3)14-7-8-15-13(12-14)6-4-11-19-15/h7-8,12H,4-6,9-11,17H2,1-3H3. The Hall–Kier alpha value is -1.22. The topological polar surface area (TPSA) is 38.5 Å². The molecule has 3 heteroatoms. The first-order valence-electron chi connectivity index (χ1n) is 7.21. The highest BCUT2D eigenvalue weighted by Gasteiger charge is 2.13. The first-order chi connectivity index (χ1) is 8.96. The minimum absolute atomic E-state index is 0.0649. The van der Waals surface area contributed by atoms with Crippen molar-refractivity contribution in [3.63, 3.8) is 0 Å². The molecule has 106 valence electrons. The van der Waals surface area contributed by atoms with Crippen molar-refractivity contribution in [2.24, 2.45) is 5.73 Å². The van der Waals surface area contributed by atoms with Crippen LogP contribution in [0.5, 0.6) is 5.75 Å². The van der Waals surface area contributed by atoms with Crippen LogP contribution in [0.1, 0.15) is 38.7 Å². The third kappa shape index (κ3) is 4.13. The van der Waals surface area contributed by atoms with Gasteiger partial charge >= 0.3 is 0 Å². The van der Waals surface area contributed by atoms with Crippen molar-refractivity contribution in [2.45, 2.75) is 45.1 Å². The van der Waals surface area contributed by atoms with E-state index in [1.54, 1.807) is 0 Å². The van der Waals surface area contributed by atoms with Crippen molar-refractivity contribution in [1.82, 2.24) is 0 Å². The predicted octanol–water partition coefficient (Wildman–Crippen LogP) is 2.97. The molecule has 0 spiro atoms. The van der Waals surface area contributed by atoms with E-state index in [9.17, 15) is 0 Å². The van der Waals surface area contributed by atoms with Gasteiger partial charge < -0.3 is 15.4 Å². The molecule has 19 heavy (non-hydrogen) atoms. The zero-order valence-electron chi connectivity index (χ0n) is 12.4. The van der Waals surface area contributed by atoms with Crippen molar-refractivity contribution < 1.29 is 4.74 Å². The number of rotatable bonds is 5. The highest BCUT2D eigenvalue weighted by molar-refractivity contribution is 5.53. The summed E-state index contributed by atoms with van der Waals surface area (Å²) in [7, 11) is 2.15. The fraction of sp³-hybridized carbons (Fsp3) is 0.625. The molecule has 1 aromatic rings. The number of nitrogens with zero attached hydrogens (tertiary/aromatic N) is 1. The van der Waals surface area contributed by atoms with Gasteiger partial charge in [-0.3, -0.25) is 0 Å². The quantitative estimate of drug-likeness (QED) is 0.886. The van der Waals surface area contributed by atoms with Crippen LogP contribution in [0.3, 0.4) is 0 Å². The Kier molecular flexibility index (Phi) is 4.35. The third-order valence-electron chi connectivity index (χ3n) is 3.65. The second-order valence-corrected chi connectivity index (χ2v) is 6.26. The van der Waals surface area contributed by atoms with Crippen molar-refractivity contribution >= 4 is 5.69 Å². The van der Waals surface area contributed by atoms with Gasteiger partial charge in [0.25, 0.3) is 0 Å². The first kappa shape index (κ1) is 14.2. The molecule has 0 saturated heterocycles. The SMILES string of the molecule is CN(CCCC(C)(C)N)c1ccc2c(c1)CCCO2. The predicted molar refractivity (Wildman–Crippen MR) is 81.0 cm³/mol. The second kappa shape index (κ2) is 5.83. The van der Waals surface area contributed by atoms with Crippen molar-refractivity contribution in [1.29, 1.82) is 0 Å². The summed E-state index contributed by atoms with van der Waals surface area (Å²) in [6, 6.07) is 6.52. The highest BCUT2D eigenvalue weighted by atomic mass is 16.5. The highest BCUT2D eigenvalue weighted by Crippen LogP contribution is 2.28. The fourth-order valence-corrected chi connectivity index (χ4v) is 2.49. The van der Waals surface area contributed by atoms with Crippen LogP contribution in [0.25, 0.3) is 0 Å². The van der Waals surface area contributed by atoms with Gasteiger partial charge in [-0.05, 0) is 63.3 Å². The summed E-state index contributed by atoms with van der Waals surface area (Å²) >= 11 is 0. The van der Waals surface area contributed by atoms with Crippen molar-refractivity contribution in [3.8, 4) is 5.75 Å². The van der Waals surface area contributed by atoms with Crippen LogP contribution in [-0.2, 0) is 6.42 Å².